The van der Waals surface area contributed by atoms with Crippen LogP contribution in [0.1, 0.15) is 10.4 Å². The summed E-state index contributed by atoms with van der Waals surface area (Å²) in [6.45, 7) is 0.817. The lowest BCUT2D eigenvalue weighted by Crippen LogP contribution is -2.52. The maximum Gasteiger partial charge on any atom is 0.277 e. The second-order valence-corrected chi connectivity index (χ2v) is 6.06. The van der Waals surface area contributed by atoms with Gasteiger partial charge in [0.05, 0.1) is 5.69 Å². The zero-order chi connectivity index (χ0) is 14.9. The molecule has 0 aliphatic carbocycles. The molecular formula is C11H16N4O4S. The highest BCUT2D eigenvalue weighted by Gasteiger charge is 2.27. The van der Waals surface area contributed by atoms with E-state index < -0.39 is 10.2 Å². The maximum absolute atomic E-state index is 12.2. The van der Waals surface area contributed by atoms with E-state index in [0.29, 0.717) is 5.56 Å². The molecule has 0 bridgehead atoms. The molecule has 1 aromatic rings. The molecule has 1 heterocycles. The number of phenols is 1. The third-order valence-corrected chi connectivity index (χ3v) is 4.25. The highest BCUT2D eigenvalue weighted by atomic mass is 32.2. The van der Waals surface area contributed by atoms with E-state index in [4.69, 9.17) is 10.9 Å². The Hall–Kier alpha value is -1.84. The van der Waals surface area contributed by atoms with Crippen molar-refractivity contribution in [3.8, 4) is 5.75 Å². The summed E-state index contributed by atoms with van der Waals surface area (Å²) in [5.74, 6) is -0.437. The molecular weight excluding hydrogens is 284 g/mol. The molecule has 0 spiro atoms. The first-order valence-corrected chi connectivity index (χ1v) is 7.45. The summed E-state index contributed by atoms with van der Waals surface area (Å²) in [4.78, 5) is 13.7. The molecule has 9 heteroatoms. The molecule has 0 saturated carbocycles. The average molecular weight is 300 g/mol. The van der Waals surface area contributed by atoms with E-state index >= 15 is 0 Å². The number of carbonyl (C=O) groups is 1. The van der Waals surface area contributed by atoms with Crippen LogP contribution in [0.4, 0.5) is 5.69 Å². The Kier molecular flexibility index (Phi) is 3.84. The van der Waals surface area contributed by atoms with Gasteiger partial charge in [0.15, 0.2) is 0 Å². The standard InChI is InChI=1S/C11H16N4O4S/c12-9-2-1-8(7-10(9)16)11(17)14-3-5-15(6-4-14)20(13,18)19/h1-2,7,16H,3-6,12H2,(H2,13,18,19). The van der Waals surface area contributed by atoms with Gasteiger partial charge in [0.25, 0.3) is 16.1 Å². The fourth-order valence-electron chi connectivity index (χ4n) is 2.00. The lowest BCUT2D eigenvalue weighted by Gasteiger charge is -2.33. The van der Waals surface area contributed by atoms with Crippen LogP contribution in [-0.4, -0.2) is 54.8 Å². The van der Waals surface area contributed by atoms with Crippen molar-refractivity contribution in [3.63, 3.8) is 0 Å². The van der Waals surface area contributed by atoms with Crippen molar-refractivity contribution in [2.75, 3.05) is 31.9 Å². The van der Waals surface area contributed by atoms with Gasteiger partial charge in [-0.05, 0) is 18.2 Å². The Balaban J connectivity index is 2.07. The Bertz CT molecular complexity index is 623. The van der Waals surface area contributed by atoms with Crippen molar-refractivity contribution in [3.05, 3.63) is 23.8 Å². The molecule has 0 radical (unpaired) electrons. The van der Waals surface area contributed by atoms with E-state index in [1.165, 1.54) is 23.1 Å². The number of piperazine rings is 1. The van der Waals surface area contributed by atoms with Crippen molar-refractivity contribution in [2.45, 2.75) is 0 Å². The second kappa shape index (κ2) is 5.27. The van der Waals surface area contributed by atoms with Gasteiger partial charge in [-0.25, -0.2) is 5.14 Å². The Labute approximate surface area is 116 Å². The number of aromatic hydroxyl groups is 1. The van der Waals surface area contributed by atoms with Crippen LogP contribution < -0.4 is 10.9 Å². The van der Waals surface area contributed by atoms with Crippen LogP contribution in [0.3, 0.4) is 0 Å². The van der Waals surface area contributed by atoms with Crippen LogP contribution in [0.25, 0.3) is 0 Å². The number of nitrogens with two attached hydrogens (primary N) is 2. The third-order valence-electron chi connectivity index (χ3n) is 3.16. The van der Waals surface area contributed by atoms with E-state index in [0.717, 1.165) is 4.31 Å². The van der Waals surface area contributed by atoms with Gasteiger partial charge in [0.1, 0.15) is 5.75 Å². The van der Waals surface area contributed by atoms with E-state index in [1.54, 1.807) is 0 Å². The fourth-order valence-corrected chi connectivity index (χ4v) is 2.68. The average Bonchev–Trinajstić information content (AvgIpc) is 2.40. The van der Waals surface area contributed by atoms with Gasteiger partial charge in [-0.1, -0.05) is 0 Å². The van der Waals surface area contributed by atoms with Crippen molar-refractivity contribution in [2.24, 2.45) is 5.14 Å². The topological polar surface area (TPSA) is 130 Å². The predicted molar refractivity (Wildman–Crippen MR) is 73.1 cm³/mol. The van der Waals surface area contributed by atoms with Crippen LogP contribution in [0.2, 0.25) is 0 Å². The van der Waals surface area contributed by atoms with Crippen LogP contribution in [0, 0.1) is 0 Å². The van der Waals surface area contributed by atoms with Gasteiger partial charge in [-0.15, -0.1) is 0 Å². The van der Waals surface area contributed by atoms with Gasteiger partial charge in [-0.3, -0.25) is 4.79 Å². The minimum atomic E-state index is -3.71. The fraction of sp³-hybridized carbons (Fsp3) is 0.364. The number of hydrogen-bond donors (Lipinski definition) is 3. The van der Waals surface area contributed by atoms with Gasteiger partial charge in [0, 0.05) is 31.7 Å². The van der Waals surface area contributed by atoms with E-state index in [-0.39, 0.29) is 43.5 Å². The summed E-state index contributed by atoms with van der Waals surface area (Å²) in [7, 11) is -3.71. The molecule has 0 atom stereocenters. The van der Waals surface area contributed by atoms with Crippen molar-refractivity contribution in [1.82, 2.24) is 9.21 Å². The largest absolute Gasteiger partial charge is 0.506 e. The molecule has 110 valence electrons. The van der Waals surface area contributed by atoms with Crippen LogP contribution in [0.5, 0.6) is 5.75 Å². The predicted octanol–water partition coefficient (Wildman–Crippen LogP) is -1.06. The number of hydrogen-bond acceptors (Lipinski definition) is 5. The number of nitrogen functional groups attached to an aromatic ring is 1. The number of phenolic OH excluding ortho intramolecular Hbond substituents is 1. The second-order valence-electron chi connectivity index (χ2n) is 4.51. The molecule has 20 heavy (non-hydrogen) atoms. The smallest absolute Gasteiger partial charge is 0.277 e. The number of carbonyl (C=O) groups excluding carboxylic acids is 1. The lowest BCUT2D eigenvalue weighted by atomic mass is 10.1. The highest BCUT2D eigenvalue weighted by Crippen LogP contribution is 2.22. The number of amides is 1. The molecule has 1 aromatic carbocycles. The van der Waals surface area contributed by atoms with Gasteiger partial charge >= 0.3 is 0 Å². The Morgan fingerprint density at radius 1 is 1.20 bits per heavy atom. The quantitative estimate of drug-likeness (QED) is 0.473. The molecule has 5 N–H and O–H groups in total. The van der Waals surface area contributed by atoms with Crippen LogP contribution in [-0.2, 0) is 10.2 Å². The molecule has 1 saturated heterocycles. The van der Waals surface area contributed by atoms with Gasteiger partial charge < -0.3 is 15.7 Å². The molecule has 0 aromatic heterocycles. The summed E-state index contributed by atoms with van der Waals surface area (Å²) >= 11 is 0. The number of benzene rings is 1. The van der Waals surface area contributed by atoms with Gasteiger partial charge in [0.2, 0.25) is 0 Å². The SMILES string of the molecule is Nc1ccc(C(=O)N2CCN(S(N)(=O)=O)CC2)cc1O. The number of rotatable bonds is 2. The summed E-state index contributed by atoms with van der Waals surface area (Å²) in [6.07, 6.45) is 0. The first-order valence-electron chi connectivity index (χ1n) is 5.94. The first kappa shape index (κ1) is 14.6. The van der Waals surface area contributed by atoms with Crippen molar-refractivity contribution in [1.29, 1.82) is 0 Å². The monoisotopic (exact) mass is 300 g/mol. The molecule has 1 aliphatic heterocycles. The Morgan fingerprint density at radius 2 is 1.80 bits per heavy atom. The lowest BCUT2D eigenvalue weighted by molar-refractivity contribution is 0.0697. The zero-order valence-corrected chi connectivity index (χ0v) is 11.5. The normalized spacial score (nSPS) is 17.1. The highest BCUT2D eigenvalue weighted by molar-refractivity contribution is 7.86. The molecule has 1 aliphatic rings. The third kappa shape index (κ3) is 3.00. The minimum absolute atomic E-state index is 0.154. The van der Waals surface area contributed by atoms with E-state index in [1.807, 2.05) is 0 Å². The minimum Gasteiger partial charge on any atom is -0.506 e. The number of anilines is 1. The summed E-state index contributed by atoms with van der Waals surface area (Å²) in [6, 6.07) is 4.26. The Morgan fingerprint density at radius 3 is 2.30 bits per heavy atom. The molecule has 0 unspecified atom stereocenters. The molecule has 1 fully saturated rings. The van der Waals surface area contributed by atoms with Crippen LogP contribution in [0.15, 0.2) is 18.2 Å². The molecule has 8 nitrogen and oxygen atoms in total. The molecule has 2 rings (SSSR count). The zero-order valence-electron chi connectivity index (χ0n) is 10.7. The first-order chi connectivity index (χ1) is 9.29. The van der Waals surface area contributed by atoms with E-state index in [9.17, 15) is 18.3 Å². The van der Waals surface area contributed by atoms with Gasteiger partial charge in [-0.2, -0.15) is 12.7 Å². The number of nitrogens with zero attached hydrogens (tertiary/aromatic N) is 2. The van der Waals surface area contributed by atoms with Crippen molar-refractivity contribution >= 4 is 21.8 Å². The van der Waals surface area contributed by atoms with Crippen molar-refractivity contribution < 1.29 is 18.3 Å². The molecule has 1 amide bonds. The van der Waals surface area contributed by atoms with E-state index in [2.05, 4.69) is 0 Å². The van der Waals surface area contributed by atoms with Crippen LogP contribution >= 0.6 is 0 Å². The summed E-state index contributed by atoms with van der Waals surface area (Å²) in [5, 5.41) is 14.5. The maximum atomic E-state index is 12.2. The summed E-state index contributed by atoms with van der Waals surface area (Å²) < 4.78 is 23.5. The summed E-state index contributed by atoms with van der Waals surface area (Å²) in [5.41, 5.74) is 5.97.